The monoisotopic (exact) mass is 326 g/mol. The van der Waals surface area contributed by atoms with Crippen molar-refractivity contribution in [3.63, 3.8) is 0 Å². The lowest BCUT2D eigenvalue weighted by Crippen LogP contribution is -2.00. The topological polar surface area (TPSA) is 48.9 Å². The fraction of sp³-hybridized carbons (Fsp3) is 0.0625. The molecule has 3 rings (SSSR count). The molecule has 6 heteroatoms. The molecule has 0 saturated carbocycles. The Bertz CT molecular complexity index is 888. The van der Waals surface area contributed by atoms with Gasteiger partial charge in [-0.05, 0) is 48.0 Å². The van der Waals surface area contributed by atoms with Crippen LogP contribution in [0.4, 0.5) is 0 Å². The Morgan fingerprint density at radius 1 is 0.864 bits per heavy atom. The van der Waals surface area contributed by atoms with Gasteiger partial charge in [-0.1, -0.05) is 54.6 Å². The minimum atomic E-state index is 0.449. The van der Waals surface area contributed by atoms with Crippen LogP contribution < -0.4 is 0 Å². The summed E-state index contributed by atoms with van der Waals surface area (Å²) in [4.78, 5) is 0. The van der Waals surface area contributed by atoms with Crippen molar-refractivity contribution >= 4 is 30.1 Å². The summed E-state index contributed by atoms with van der Waals surface area (Å²) in [6.45, 7) is 1.93. The van der Waals surface area contributed by atoms with Gasteiger partial charge >= 0.3 is 0 Å². The molecule has 4 nitrogen and oxygen atoms in total. The average molecular weight is 326 g/mol. The molecule has 0 spiro atoms. The molecular weight excluding hydrogens is 312 g/mol. The van der Waals surface area contributed by atoms with Crippen LogP contribution in [-0.4, -0.2) is 20.6 Å². The van der Waals surface area contributed by atoms with Crippen molar-refractivity contribution in [3.8, 4) is 11.1 Å². The van der Waals surface area contributed by atoms with Crippen LogP contribution in [0.5, 0.6) is 0 Å². The van der Waals surface area contributed by atoms with Crippen LogP contribution in [0, 0.1) is 9.54 Å². The lowest BCUT2D eigenvalue weighted by molar-refractivity contribution is 0.842. The molecule has 0 amide bonds. The second-order valence-corrected chi connectivity index (χ2v) is 5.57. The molecule has 0 unspecified atom stereocenters. The highest BCUT2D eigenvalue weighted by molar-refractivity contribution is 7.72. The standard InChI is InChI=1S/C16H14N4S2/c1-11(19-20-15(21)17-18-16(20)22)12-7-9-14(10-8-12)13-5-3-2-4-6-13/h2-10H,1H3,(H,17,21)(H,18,22)/b19-11+. The molecule has 1 heterocycles. The van der Waals surface area contributed by atoms with Gasteiger partial charge in [-0.25, -0.2) is 0 Å². The van der Waals surface area contributed by atoms with Crippen LogP contribution in [0.1, 0.15) is 12.5 Å². The molecule has 0 aliphatic heterocycles. The first-order chi connectivity index (χ1) is 10.6. The summed E-state index contributed by atoms with van der Waals surface area (Å²) in [6.07, 6.45) is 0. The van der Waals surface area contributed by atoms with Gasteiger partial charge in [0.05, 0.1) is 5.71 Å². The number of aromatic amines is 2. The smallest absolute Gasteiger partial charge is 0.215 e. The molecule has 0 fully saturated rings. The molecule has 0 aliphatic rings. The van der Waals surface area contributed by atoms with E-state index in [0.29, 0.717) is 9.54 Å². The van der Waals surface area contributed by atoms with E-state index >= 15 is 0 Å². The molecule has 0 saturated heterocycles. The Morgan fingerprint density at radius 2 is 1.41 bits per heavy atom. The van der Waals surface area contributed by atoms with Crippen LogP contribution in [0.2, 0.25) is 0 Å². The highest BCUT2D eigenvalue weighted by Gasteiger charge is 2.02. The van der Waals surface area contributed by atoms with Gasteiger partial charge in [0.2, 0.25) is 9.54 Å². The summed E-state index contributed by atoms with van der Waals surface area (Å²) in [5, 5.41) is 9.99. The SMILES string of the molecule is C/C(=N\n1c(=S)[nH][nH]c1=S)c1ccc(-c2ccccc2)cc1. The predicted octanol–water partition coefficient (Wildman–Crippen LogP) is 4.54. The van der Waals surface area contributed by atoms with Crippen LogP contribution in [0.15, 0.2) is 59.7 Å². The molecule has 22 heavy (non-hydrogen) atoms. The second kappa shape index (κ2) is 6.21. The van der Waals surface area contributed by atoms with Gasteiger partial charge in [-0.15, -0.1) is 0 Å². The normalized spacial score (nSPS) is 11.6. The Morgan fingerprint density at radius 3 is 2.00 bits per heavy atom. The molecule has 0 aliphatic carbocycles. The lowest BCUT2D eigenvalue weighted by atomic mass is 10.0. The van der Waals surface area contributed by atoms with E-state index in [1.54, 1.807) is 0 Å². The Kier molecular flexibility index (Phi) is 4.13. The van der Waals surface area contributed by atoms with Gasteiger partial charge < -0.3 is 0 Å². The molecule has 3 aromatic rings. The number of hydrogen-bond donors (Lipinski definition) is 2. The van der Waals surface area contributed by atoms with E-state index in [-0.39, 0.29) is 0 Å². The van der Waals surface area contributed by atoms with Crippen molar-refractivity contribution in [3.05, 3.63) is 69.7 Å². The number of nitrogens with zero attached hydrogens (tertiary/aromatic N) is 2. The maximum atomic E-state index is 5.13. The Hall–Kier alpha value is -2.31. The summed E-state index contributed by atoms with van der Waals surface area (Å²) in [5.41, 5.74) is 4.23. The third-order valence-corrected chi connectivity index (χ3v) is 3.87. The quantitative estimate of drug-likeness (QED) is 0.548. The van der Waals surface area contributed by atoms with Crippen molar-refractivity contribution in [1.29, 1.82) is 0 Å². The van der Waals surface area contributed by atoms with Crippen LogP contribution in [0.3, 0.4) is 0 Å². The summed E-state index contributed by atoms with van der Waals surface area (Å²) in [6, 6.07) is 18.5. The van der Waals surface area contributed by atoms with E-state index in [0.717, 1.165) is 11.3 Å². The van der Waals surface area contributed by atoms with Gasteiger partial charge in [0, 0.05) is 0 Å². The lowest BCUT2D eigenvalue weighted by Gasteiger charge is -2.04. The fourth-order valence-corrected chi connectivity index (χ4v) is 2.56. The summed E-state index contributed by atoms with van der Waals surface area (Å²) in [5.74, 6) is 0. The van der Waals surface area contributed by atoms with Crippen molar-refractivity contribution in [2.24, 2.45) is 5.10 Å². The number of hydrogen-bond acceptors (Lipinski definition) is 3. The van der Waals surface area contributed by atoms with Gasteiger partial charge in [-0.2, -0.15) is 9.78 Å². The van der Waals surface area contributed by atoms with Crippen molar-refractivity contribution < 1.29 is 0 Å². The molecule has 0 atom stereocenters. The zero-order valence-corrected chi connectivity index (χ0v) is 13.5. The summed E-state index contributed by atoms with van der Waals surface area (Å²) >= 11 is 10.3. The van der Waals surface area contributed by atoms with E-state index in [9.17, 15) is 0 Å². The first-order valence-electron chi connectivity index (χ1n) is 6.76. The van der Waals surface area contributed by atoms with Crippen molar-refractivity contribution in [2.75, 3.05) is 0 Å². The van der Waals surface area contributed by atoms with Gasteiger partial charge in [0.15, 0.2) is 0 Å². The molecule has 1 aromatic heterocycles. The average Bonchev–Trinajstić information content (AvgIpc) is 2.88. The number of benzene rings is 2. The van der Waals surface area contributed by atoms with E-state index in [1.807, 2.05) is 37.3 Å². The van der Waals surface area contributed by atoms with Gasteiger partial charge in [0.1, 0.15) is 0 Å². The molecule has 110 valence electrons. The second-order valence-electron chi connectivity index (χ2n) is 4.80. The molecular formula is C16H14N4S2. The minimum Gasteiger partial charge on any atom is -0.273 e. The molecule has 2 aromatic carbocycles. The largest absolute Gasteiger partial charge is 0.273 e. The fourth-order valence-electron chi connectivity index (χ4n) is 2.14. The molecule has 2 N–H and O–H groups in total. The first-order valence-corrected chi connectivity index (χ1v) is 7.58. The van der Waals surface area contributed by atoms with E-state index in [1.165, 1.54) is 15.8 Å². The van der Waals surface area contributed by atoms with Crippen LogP contribution in [0.25, 0.3) is 11.1 Å². The highest BCUT2D eigenvalue weighted by atomic mass is 32.1. The number of rotatable bonds is 3. The van der Waals surface area contributed by atoms with Crippen LogP contribution in [-0.2, 0) is 0 Å². The third-order valence-electron chi connectivity index (χ3n) is 3.32. The van der Waals surface area contributed by atoms with Gasteiger partial charge in [-0.3, -0.25) is 10.2 Å². The van der Waals surface area contributed by atoms with Crippen molar-refractivity contribution in [2.45, 2.75) is 6.92 Å². The maximum Gasteiger partial charge on any atom is 0.215 e. The predicted molar refractivity (Wildman–Crippen MR) is 94.3 cm³/mol. The Balaban J connectivity index is 1.93. The van der Waals surface area contributed by atoms with E-state index in [2.05, 4.69) is 39.6 Å². The Labute approximate surface area is 138 Å². The van der Waals surface area contributed by atoms with E-state index < -0.39 is 0 Å². The first kappa shape index (κ1) is 14.6. The summed E-state index contributed by atoms with van der Waals surface area (Å²) < 4.78 is 2.40. The third kappa shape index (κ3) is 2.98. The number of nitrogens with one attached hydrogen (secondary N) is 2. The zero-order valence-electron chi connectivity index (χ0n) is 11.9. The molecule has 0 bridgehead atoms. The zero-order chi connectivity index (χ0) is 15.5. The highest BCUT2D eigenvalue weighted by Crippen LogP contribution is 2.19. The van der Waals surface area contributed by atoms with Crippen molar-refractivity contribution in [1.82, 2.24) is 14.9 Å². The molecule has 0 radical (unpaired) electrons. The van der Waals surface area contributed by atoms with E-state index in [4.69, 9.17) is 24.4 Å². The van der Waals surface area contributed by atoms with Crippen LogP contribution >= 0.6 is 24.4 Å². The number of aromatic nitrogens is 3. The summed E-state index contributed by atoms with van der Waals surface area (Å²) in [7, 11) is 0. The maximum absolute atomic E-state index is 5.13. The van der Waals surface area contributed by atoms with Gasteiger partial charge in [0.25, 0.3) is 0 Å². The minimum absolute atomic E-state index is 0.449. The number of H-pyrrole nitrogens is 2.